The van der Waals surface area contributed by atoms with Crippen molar-refractivity contribution in [3.05, 3.63) is 61.2 Å². The Bertz CT molecular complexity index is 1130. The summed E-state index contributed by atoms with van der Waals surface area (Å²) in [7, 11) is 1.48. The highest BCUT2D eigenvalue weighted by Crippen LogP contribution is 2.35. The molecule has 0 spiro atoms. The van der Waals surface area contributed by atoms with E-state index in [1.807, 2.05) is 6.92 Å². The third kappa shape index (κ3) is 4.72. The number of imide groups is 2. The van der Waals surface area contributed by atoms with Crippen LogP contribution in [0.4, 0.5) is 16.2 Å². The first-order valence-electron chi connectivity index (χ1n) is 9.43. The summed E-state index contributed by atoms with van der Waals surface area (Å²) in [6, 6.07) is 7.24. The number of hydrogen-bond donors (Lipinski definition) is 1. The number of hydrogen-bond acceptors (Lipinski definition) is 7. The Morgan fingerprint density at radius 2 is 1.88 bits per heavy atom. The van der Waals surface area contributed by atoms with Crippen molar-refractivity contribution >= 4 is 57.9 Å². The monoisotopic (exact) mass is 551 g/mol. The largest absolute Gasteiger partial charge is 0.493 e. The zero-order valence-electron chi connectivity index (χ0n) is 17.1. The fraction of sp³-hybridized carbons (Fsp3) is 0.190. The van der Waals surface area contributed by atoms with E-state index in [1.165, 1.54) is 25.3 Å². The first-order chi connectivity index (χ1) is 15.3. The minimum Gasteiger partial charge on any atom is -0.493 e. The van der Waals surface area contributed by atoms with Crippen molar-refractivity contribution in [1.82, 2.24) is 5.32 Å². The van der Waals surface area contributed by atoms with Gasteiger partial charge in [0, 0.05) is 12.1 Å². The topological polar surface area (TPSA) is 128 Å². The van der Waals surface area contributed by atoms with Crippen molar-refractivity contribution in [3.63, 3.8) is 0 Å². The quantitative estimate of drug-likeness (QED) is 0.183. The highest BCUT2D eigenvalue weighted by Gasteiger charge is 2.37. The van der Waals surface area contributed by atoms with Gasteiger partial charge in [0.05, 0.1) is 27.9 Å². The van der Waals surface area contributed by atoms with Crippen molar-refractivity contribution in [2.75, 3.05) is 18.6 Å². The third-order valence-electron chi connectivity index (χ3n) is 4.43. The molecule has 0 atom stereocenters. The number of nitrogens with zero attached hydrogens (tertiary/aromatic N) is 2. The Morgan fingerprint density at radius 3 is 2.47 bits per heavy atom. The molecule has 0 radical (unpaired) electrons. The molecule has 0 saturated carbocycles. The number of nitrogens with one attached hydrogen (secondary N) is 1. The van der Waals surface area contributed by atoms with E-state index in [0.717, 1.165) is 23.5 Å². The number of anilines is 1. The molecule has 11 heteroatoms. The average molecular weight is 551 g/mol. The number of non-ortho nitro benzene ring substituents is 1. The molecular formula is C21H18IN3O7. The lowest BCUT2D eigenvalue weighted by molar-refractivity contribution is -0.384. The molecule has 0 unspecified atom stereocenters. The number of barbiturate groups is 1. The van der Waals surface area contributed by atoms with Crippen LogP contribution in [0.2, 0.25) is 0 Å². The number of halogens is 1. The normalized spacial score (nSPS) is 15.0. The minimum absolute atomic E-state index is 0.0898. The number of nitro groups is 1. The number of nitro benzene ring substituents is 1. The van der Waals surface area contributed by atoms with Crippen LogP contribution < -0.4 is 19.7 Å². The van der Waals surface area contributed by atoms with Crippen molar-refractivity contribution in [2.24, 2.45) is 0 Å². The van der Waals surface area contributed by atoms with Crippen LogP contribution in [0.25, 0.3) is 6.08 Å². The Labute approximate surface area is 196 Å². The van der Waals surface area contributed by atoms with Crippen molar-refractivity contribution in [1.29, 1.82) is 0 Å². The Morgan fingerprint density at radius 1 is 1.19 bits per heavy atom. The molecule has 166 valence electrons. The van der Waals surface area contributed by atoms with Gasteiger partial charge in [0.15, 0.2) is 11.5 Å². The van der Waals surface area contributed by atoms with Crippen LogP contribution in [0.15, 0.2) is 42.0 Å². The maximum Gasteiger partial charge on any atom is 0.335 e. The summed E-state index contributed by atoms with van der Waals surface area (Å²) >= 11 is 2.07. The molecule has 1 aliphatic rings. The molecule has 10 nitrogen and oxygen atoms in total. The van der Waals surface area contributed by atoms with E-state index in [9.17, 15) is 24.5 Å². The van der Waals surface area contributed by atoms with Gasteiger partial charge < -0.3 is 9.47 Å². The van der Waals surface area contributed by atoms with Crippen molar-refractivity contribution in [3.8, 4) is 11.5 Å². The van der Waals surface area contributed by atoms with Gasteiger partial charge in [-0.25, -0.2) is 9.69 Å². The van der Waals surface area contributed by atoms with Crippen LogP contribution in [0.5, 0.6) is 11.5 Å². The van der Waals surface area contributed by atoms with E-state index in [0.29, 0.717) is 27.2 Å². The number of benzene rings is 2. The van der Waals surface area contributed by atoms with Crippen molar-refractivity contribution < 1.29 is 28.8 Å². The summed E-state index contributed by atoms with van der Waals surface area (Å²) in [5.74, 6) is -0.713. The number of carbonyl (C=O) groups excluding carboxylic acids is 3. The molecule has 1 saturated heterocycles. The SMILES string of the molecule is CCCOc1c(I)cc(/C=C2\C(=O)NC(=O)N(c3ccc([N+](=O)[O-])cc3)C2=O)cc1OC. The fourth-order valence-corrected chi connectivity index (χ4v) is 3.73. The van der Waals surface area contributed by atoms with Gasteiger partial charge in [-0.05, 0) is 64.9 Å². The van der Waals surface area contributed by atoms with Gasteiger partial charge in [0.2, 0.25) is 0 Å². The van der Waals surface area contributed by atoms with Crippen LogP contribution in [0.1, 0.15) is 18.9 Å². The van der Waals surface area contributed by atoms with Crippen LogP contribution in [-0.4, -0.2) is 36.5 Å². The number of carbonyl (C=O) groups is 3. The second-order valence-electron chi connectivity index (χ2n) is 6.61. The molecule has 1 aliphatic heterocycles. The highest BCUT2D eigenvalue weighted by atomic mass is 127. The lowest BCUT2D eigenvalue weighted by Gasteiger charge is -2.26. The molecule has 0 aromatic heterocycles. The number of amides is 4. The number of ether oxygens (including phenoxy) is 2. The zero-order valence-corrected chi connectivity index (χ0v) is 19.2. The van der Waals surface area contributed by atoms with Gasteiger partial charge in [-0.2, -0.15) is 0 Å². The van der Waals surface area contributed by atoms with E-state index in [4.69, 9.17) is 9.47 Å². The Balaban J connectivity index is 1.98. The van der Waals surface area contributed by atoms with E-state index in [1.54, 1.807) is 12.1 Å². The fourth-order valence-electron chi connectivity index (χ4n) is 2.95. The van der Waals surface area contributed by atoms with E-state index in [2.05, 4.69) is 27.9 Å². The van der Waals surface area contributed by atoms with Gasteiger partial charge in [0.1, 0.15) is 5.57 Å². The van der Waals surface area contributed by atoms with Gasteiger partial charge in [-0.1, -0.05) is 6.92 Å². The second-order valence-corrected chi connectivity index (χ2v) is 7.78. The maximum absolute atomic E-state index is 13.0. The van der Waals surface area contributed by atoms with E-state index >= 15 is 0 Å². The lowest BCUT2D eigenvalue weighted by atomic mass is 10.1. The Hall–Kier alpha value is -3.48. The predicted molar refractivity (Wildman–Crippen MR) is 124 cm³/mol. The molecule has 32 heavy (non-hydrogen) atoms. The summed E-state index contributed by atoms with van der Waals surface area (Å²) in [4.78, 5) is 48.7. The van der Waals surface area contributed by atoms with Crippen LogP contribution in [-0.2, 0) is 9.59 Å². The second kappa shape index (κ2) is 9.77. The van der Waals surface area contributed by atoms with E-state index < -0.39 is 22.8 Å². The first-order valence-corrected chi connectivity index (χ1v) is 10.5. The van der Waals surface area contributed by atoms with Gasteiger partial charge in [0.25, 0.3) is 17.5 Å². The molecule has 2 aromatic carbocycles. The van der Waals surface area contributed by atoms with Crippen molar-refractivity contribution in [2.45, 2.75) is 13.3 Å². The molecule has 0 aliphatic carbocycles. The standard InChI is InChI=1S/C21H18IN3O7/c1-3-8-32-18-16(22)10-12(11-17(18)31-2)9-15-19(26)23-21(28)24(20(15)27)13-4-6-14(7-5-13)25(29)30/h4-7,9-11H,3,8H2,1-2H3,(H,23,26,28)/b15-9+. The molecule has 0 bridgehead atoms. The molecule has 1 fully saturated rings. The van der Waals surface area contributed by atoms with Gasteiger partial charge in [-0.3, -0.25) is 25.0 Å². The summed E-state index contributed by atoms with van der Waals surface area (Å²) in [6.07, 6.45) is 2.16. The summed E-state index contributed by atoms with van der Waals surface area (Å²) in [5.41, 5.74) is 0.110. The van der Waals surface area contributed by atoms with Crippen LogP contribution in [0.3, 0.4) is 0 Å². The molecule has 1 N–H and O–H groups in total. The number of rotatable bonds is 7. The lowest BCUT2D eigenvalue weighted by Crippen LogP contribution is -2.54. The summed E-state index contributed by atoms with van der Waals surface area (Å²) < 4.78 is 11.8. The summed E-state index contributed by atoms with van der Waals surface area (Å²) in [5, 5.41) is 13.0. The smallest absolute Gasteiger partial charge is 0.335 e. The molecule has 1 heterocycles. The molecular weight excluding hydrogens is 533 g/mol. The minimum atomic E-state index is -0.943. The first kappa shape index (κ1) is 23.2. The van der Waals surface area contributed by atoms with Crippen LogP contribution >= 0.6 is 22.6 Å². The van der Waals surface area contributed by atoms with Crippen LogP contribution in [0, 0.1) is 13.7 Å². The summed E-state index contributed by atoms with van der Waals surface area (Å²) in [6.45, 7) is 2.48. The maximum atomic E-state index is 13.0. The van der Waals surface area contributed by atoms with Gasteiger partial charge >= 0.3 is 6.03 Å². The van der Waals surface area contributed by atoms with Gasteiger partial charge in [-0.15, -0.1) is 0 Å². The third-order valence-corrected chi connectivity index (χ3v) is 5.23. The average Bonchev–Trinajstić information content (AvgIpc) is 2.75. The predicted octanol–water partition coefficient (Wildman–Crippen LogP) is 3.66. The molecule has 2 aromatic rings. The molecule has 3 rings (SSSR count). The zero-order chi connectivity index (χ0) is 23.4. The number of urea groups is 1. The number of methoxy groups -OCH3 is 1. The molecule has 4 amide bonds. The highest BCUT2D eigenvalue weighted by molar-refractivity contribution is 14.1. The Kier molecular flexibility index (Phi) is 7.08. The van der Waals surface area contributed by atoms with E-state index in [-0.39, 0.29) is 16.9 Å².